The first-order valence-electron chi connectivity index (χ1n) is 18.6. The zero-order valence-electron chi connectivity index (χ0n) is 30.3. The molecule has 0 bridgehead atoms. The van der Waals surface area contributed by atoms with E-state index in [1.807, 2.05) is 0 Å². The van der Waals surface area contributed by atoms with Crippen LogP contribution < -0.4 is 0 Å². The molecule has 0 aromatic heterocycles. The highest BCUT2D eigenvalue weighted by atomic mass is 16.6. The number of esters is 2. The van der Waals surface area contributed by atoms with Gasteiger partial charge in [0.15, 0.2) is 0 Å². The molecule has 0 aromatic carbocycles. The number of unbranched alkanes of at least 4 members (excludes halogenated alkanes) is 8. The van der Waals surface area contributed by atoms with Crippen LogP contribution in [0.1, 0.15) is 149 Å². The monoisotopic (exact) mass is 649 g/mol. The lowest BCUT2D eigenvalue weighted by Gasteiger charge is -2.13. The van der Waals surface area contributed by atoms with Crippen molar-refractivity contribution in [3.8, 4) is 0 Å². The molecule has 4 heteroatoms. The summed E-state index contributed by atoms with van der Waals surface area (Å²) in [4.78, 5) is 24.1. The van der Waals surface area contributed by atoms with Crippen LogP contribution in [0.4, 0.5) is 0 Å². The van der Waals surface area contributed by atoms with Crippen LogP contribution in [0.2, 0.25) is 0 Å². The molecule has 0 radical (unpaired) electrons. The van der Waals surface area contributed by atoms with Crippen molar-refractivity contribution in [2.45, 2.75) is 155 Å². The van der Waals surface area contributed by atoms with Crippen LogP contribution in [0.5, 0.6) is 0 Å². The molecular weight excluding hydrogens is 580 g/mol. The fourth-order valence-electron chi connectivity index (χ4n) is 4.45. The quantitative estimate of drug-likeness (QED) is 0.0426. The summed E-state index contributed by atoms with van der Waals surface area (Å²) in [6, 6.07) is 0. The van der Waals surface area contributed by atoms with Crippen LogP contribution in [0, 0.1) is 0 Å². The largest absolute Gasteiger partial charge is 0.462 e. The van der Waals surface area contributed by atoms with Crippen molar-refractivity contribution >= 4 is 11.9 Å². The highest BCUT2D eigenvalue weighted by Gasteiger charge is 2.11. The van der Waals surface area contributed by atoms with E-state index in [2.05, 4.69) is 111 Å². The van der Waals surface area contributed by atoms with Gasteiger partial charge in [0.05, 0.1) is 0 Å². The van der Waals surface area contributed by atoms with E-state index in [0.717, 1.165) is 64.2 Å². The van der Waals surface area contributed by atoms with E-state index < -0.39 is 6.10 Å². The Hall–Kier alpha value is -3.14. The molecule has 0 aliphatic rings. The zero-order valence-corrected chi connectivity index (χ0v) is 30.3. The Labute approximate surface area is 289 Å². The minimum absolute atomic E-state index is 0.103. The van der Waals surface area contributed by atoms with Crippen molar-refractivity contribution in [1.29, 1.82) is 0 Å². The van der Waals surface area contributed by atoms with E-state index in [1.54, 1.807) is 6.92 Å². The molecular formula is C43H68O4. The highest BCUT2D eigenvalue weighted by molar-refractivity contribution is 5.70. The number of carbonyl (C=O) groups excluding carboxylic acids is 2. The molecule has 0 aromatic rings. The first kappa shape index (κ1) is 43.9. The van der Waals surface area contributed by atoms with E-state index >= 15 is 0 Å². The maximum Gasteiger partial charge on any atom is 0.306 e. The van der Waals surface area contributed by atoms with Gasteiger partial charge >= 0.3 is 11.9 Å². The second-order valence-corrected chi connectivity index (χ2v) is 11.9. The van der Waals surface area contributed by atoms with Crippen molar-refractivity contribution in [1.82, 2.24) is 0 Å². The number of carbonyl (C=O) groups is 2. The Morgan fingerprint density at radius 3 is 1.13 bits per heavy atom. The fourth-order valence-corrected chi connectivity index (χ4v) is 4.45. The van der Waals surface area contributed by atoms with E-state index in [0.29, 0.717) is 12.8 Å². The summed E-state index contributed by atoms with van der Waals surface area (Å²) in [6.45, 7) is 6.33. The van der Waals surface area contributed by atoms with Gasteiger partial charge in [-0.3, -0.25) is 9.59 Å². The predicted octanol–water partition coefficient (Wildman–Crippen LogP) is 12.8. The lowest BCUT2D eigenvalue weighted by molar-refractivity contribution is -0.158. The smallest absolute Gasteiger partial charge is 0.306 e. The van der Waals surface area contributed by atoms with Crippen LogP contribution >= 0.6 is 0 Å². The molecule has 4 nitrogen and oxygen atoms in total. The lowest BCUT2D eigenvalue weighted by Crippen LogP contribution is -2.22. The summed E-state index contributed by atoms with van der Waals surface area (Å²) in [7, 11) is 0. The van der Waals surface area contributed by atoms with Crippen molar-refractivity contribution in [3.63, 3.8) is 0 Å². The van der Waals surface area contributed by atoms with Crippen LogP contribution in [0.15, 0.2) is 97.2 Å². The maximum absolute atomic E-state index is 12.1. The molecule has 0 aliphatic carbocycles. The third-order valence-electron chi connectivity index (χ3n) is 7.23. The van der Waals surface area contributed by atoms with Gasteiger partial charge in [0.25, 0.3) is 0 Å². The molecule has 0 spiro atoms. The number of hydrogen-bond donors (Lipinski definition) is 0. The summed E-state index contributed by atoms with van der Waals surface area (Å²) in [5, 5.41) is 0. The van der Waals surface area contributed by atoms with Gasteiger partial charge < -0.3 is 9.47 Å². The molecule has 0 N–H and O–H groups in total. The molecule has 0 heterocycles. The average molecular weight is 649 g/mol. The van der Waals surface area contributed by atoms with Gasteiger partial charge in [0.1, 0.15) is 12.7 Å². The van der Waals surface area contributed by atoms with Crippen molar-refractivity contribution in [3.05, 3.63) is 97.2 Å². The van der Waals surface area contributed by atoms with Crippen LogP contribution in [-0.2, 0) is 19.1 Å². The average Bonchev–Trinajstić information content (AvgIpc) is 3.06. The molecule has 1 unspecified atom stereocenters. The molecule has 0 saturated carbocycles. The number of ether oxygens (including phenoxy) is 2. The summed E-state index contributed by atoms with van der Waals surface area (Å²) in [5.41, 5.74) is 0. The lowest BCUT2D eigenvalue weighted by atomic mass is 10.2. The van der Waals surface area contributed by atoms with Crippen LogP contribution in [0.3, 0.4) is 0 Å². The van der Waals surface area contributed by atoms with Crippen molar-refractivity contribution in [2.75, 3.05) is 6.61 Å². The third-order valence-corrected chi connectivity index (χ3v) is 7.23. The molecule has 0 rings (SSSR count). The second kappa shape index (κ2) is 37.3. The molecule has 1 atom stereocenters. The van der Waals surface area contributed by atoms with Gasteiger partial charge in [0.2, 0.25) is 0 Å². The van der Waals surface area contributed by atoms with E-state index in [-0.39, 0.29) is 18.5 Å². The van der Waals surface area contributed by atoms with Gasteiger partial charge in [-0.2, -0.15) is 0 Å². The standard InChI is InChI=1S/C43H68O4/c1-4-6-8-10-12-14-16-18-20-22-24-26-28-30-32-34-36-38-42(44)46-40-41(3)47-43(45)39-37-35-33-31-29-27-25-23-21-19-17-15-13-11-9-7-5-2/h12-15,18-21,24-27,30-33,41H,4-11,16-17,22-23,28-29,34-40H2,1-3H3. The van der Waals surface area contributed by atoms with E-state index in [9.17, 15) is 9.59 Å². The van der Waals surface area contributed by atoms with Gasteiger partial charge in [0, 0.05) is 12.8 Å². The Bertz CT molecular complexity index is 960. The van der Waals surface area contributed by atoms with Gasteiger partial charge in [-0.1, -0.05) is 137 Å². The minimum atomic E-state index is -0.434. The normalized spacial score (nSPS) is 13.3. The summed E-state index contributed by atoms with van der Waals surface area (Å²) in [5.74, 6) is -0.491. The maximum atomic E-state index is 12.1. The highest BCUT2D eigenvalue weighted by Crippen LogP contribution is 2.06. The van der Waals surface area contributed by atoms with Gasteiger partial charge in [-0.05, 0) is 96.8 Å². The van der Waals surface area contributed by atoms with E-state index in [4.69, 9.17) is 9.47 Å². The van der Waals surface area contributed by atoms with Gasteiger partial charge in [-0.25, -0.2) is 0 Å². The SMILES string of the molecule is CCCCCC=CCC=CCC=CCC=CCCCC(=O)OCC(C)OC(=O)CCCC=CCC=CCC=CCC=CCCCCC. The molecule has 0 fully saturated rings. The van der Waals surface area contributed by atoms with Gasteiger partial charge in [-0.15, -0.1) is 0 Å². The summed E-state index contributed by atoms with van der Waals surface area (Å²) >= 11 is 0. The Balaban J connectivity index is 3.70. The first-order valence-corrected chi connectivity index (χ1v) is 18.6. The Morgan fingerprint density at radius 1 is 0.447 bits per heavy atom. The zero-order chi connectivity index (χ0) is 34.3. The third kappa shape index (κ3) is 37.2. The summed E-state index contributed by atoms with van der Waals surface area (Å²) in [6.07, 6.45) is 54.6. The fraction of sp³-hybridized carbons (Fsp3) is 0.581. The molecule has 0 saturated heterocycles. The molecule has 0 aliphatic heterocycles. The second-order valence-electron chi connectivity index (χ2n) is 11.9. The van der Waals surface area contributed by atoms with Crippen molar-refractivity contribution < 1.29 is 19.1 Å². The minimum Gasteiger partial charge on any atom is -0.462 e. The van der Waals surface area contributed by atoms with E-state index in [1.165, 1.54) is 51.4 Å². The Morgan fingerprint density at radius 2 is 0.766 bits per heavy atom. The first-order chi connectivity index (χ1) is 23.1. The van der Waals surface area contributed by atoms with Crippen molar-refractivity contribution in [2.24, 2.45) is 0 Å². The molecule has 0 amide bonds. The molecule has 47 heavy (non-hydrogen) atoms. The Kier molecular flexibility index (Phi) is 34.8. The number of hydrogen-bond acceptors (Lipinski definition) is 4. The van der Waals surface area contributed by atoms with Crippen LogP contribution in [0.25, 0.3) is 0 Å². The summed E-state index contributed by atoms with van der Waals surface area (Å²) < 4.78 is 10.7. The van der Waals surface area contributed by atoms with Crippen LogP contribution in [-0.4, -0.2) is 24.6 Å². The molecule has 264 valence electrons. The number of allylic oxidation sites excluding steroid dienone is 16. The topological polar surface area (TPSA) is 52.6 Å². The predicted molar refractivity (Wildman–Crippen MR) is 203 cm³/mol. The number of rotatable bonds is 31.